The summed E-state index contributed by atoms with van der Waals surface area (Å²) in [5.74, 6) is -0.0260. The lowest BCUT2D eigenvalue weighted by Gasteiger charge is -2.26. The molecule has 1 N–H and O–H groups in total. The summed E-state index contributed by atoms with van der Waals surface area (Å²) in [6.45, 7) is 8.61. The van der Waals surface area contributed by atoms with Crippen LogP contribution in [0.15, 0.2) is 47.8 Å². The molecule has 1 aromatic heterocycles. The van der Waals surface area contributed by atoms with Crippen molar-refractivity contribution in [1.82, 2.24) is 9.88 Å². The SMILES string of the molecule is CCc1cccc(C)c1NC(=O)Cc1csc(-c2cccc(CN3CCOCC3)c2)n1. The highest BCUT2D eigenvalue weighted by molar-refractivity contribution is 7.13. The topological polar surface area (TPSA) is 54.5 Å². The number of carbonyl (C=O) groups excluding carboxylic acids is 1. The van der Waals surface area contributed by atoms with Crippen molar-refractivity contribution < 1.29 is 9.53 Å². The summed E-state index contributed by atoms with van der Waals surface area (Å²) in [6, 6.07) is 14.7. The number of aryl methyl sites for hydroxylation is 2. The molecule has 3 aromatic rings. The van der Waals surface area contributed by atoms with E-state index in [1.807, 2.05) is 24.4 Å². The number of thiazole rings is 1. The Bertz CT molecular complexity index is 1040. The van der Waals surface area contributed by atoms with Crippen LogP contribution in [0.1, 0.15) is 29.3 Å². The van der Waals surface area contributed by atoms with E-state index in [9.17, 15) is 4.79 Å². The zero-order chi connectivity index (χ0) is 21.6. The van der Waals surface area contributed by atoms with Gasteiger partial charge in [0.25, 0.3) is 0 Å². The van der Waals surface area contributed by atoms with Crippen LogP contribution >= 0.6 is 11.3 Å². The highest BCUT2D eigenvalue weighted by atomic mass is 32.1. The molecule has 0 atom stereocenters. The molecule has 0 unspecified atom stereocenters. The molecule has 31 heavy (non-hydrogen) atoms. The molecule has 162 valence electrons. The third-order valence-electron chi connectivity index (χ3n) is 5.58. The Labute approximate surface area is 188 Å². The van der Waals surface area contributed by atoms with Crippen LogP contribution in [0.2, 0.25) is 0 Å². The molecule has 0 spiro atoms. The van der Waals surface area contributed by atoms with E-state index in [0.717, 1.165) is 72.3 Å². The molecule has 0 saturated carbocycles. The summed E-state index contributed by atoms with van der Waals surface area (Å²) in [5, 5.41) is 6.04. The number of ether oxygens (including phenoxy) is 1. The van der Waals surface area contributed by atoms with Crippen LogP contribution in [0.3, 0.4) is 0 Å². The summed E-state index contributed by atoms with van der Waals surface area (Å²) in [7, 11) is 0. The van der Waals surface area contributed by atoms with Crippen LogP contribution in [0, 0.1) is 6.92 Å². The van der Waals surface area contributed by atoms with Crippen molar-refractivity contribution in [1.29, 1.82) is 0 Å². The van der Waals surface area contributed by atoms with Crippen LogP contribution in [0.5, 0.6) is 0 Å². The number of anilines is 1. The summed E-state index contributed by atoms with van der Waals surface area (Å²) in [4.78, 5) is 19.8. The van der Waals surface area contributed by atoms with E-state index in [4.69, 9.17) is 9.72 Å². The average Bonchev–Trinajstić information content (AvgIpc) is 3.24. The Balaban J connectivity index is 1.41. The Hall–Kier alpha value is -2.54. The monoisotopic (exact) mass is 435 g/mol. The summed E-state index contributed by atoms with van der Waals surface area (Å²) < 4.78 is 5.44. The minimum atomic E-state index is -0.0260. The number of benzene rings is 2. The molecule has 5 nitrogen and oxygen atoms in total. The zero-order valence-electron chi connectivity index (χ0n) is 18.2. The molecular weight excluding hydrogens is 406 g/mol. The number of rotatable bonds is 7. The molecule has 1 fully saturated rings. The van der Waals surface area contributed by atoms with E-state index >= 15 is 0 Å². The number of morpholine rings is 1. The van der Waals surface area contributed by atoms with Gasteiger partial charge in [0.1, 0.15) is 5.01 Å². The van der Waals surface area contributed by atoms with E-state index in [1.54, 1.807) is 11.3 Å². The lowest BCUT2D eigenvalue weighted by molar-refractivity contribution is -0.115. The van der Waals surface area contributed by atoms with Gasteiger partial charge in [0.2, 0.25) is 5.91 Å². The normalized spacial score (nSPS) is 14.5. The van der Waals surface area contributed by atoms with E-state index in [-0.39, 0.29) is 12.3 Å². The molecule has 2 aromatic carbocycles. The first-order valence-corrected chi connectivity index (χ1v) is 11.7. The summed E-state index contributed by atoms with van der Waals surface area (Å²) in [5.41, 5.74) is 6.37. The van der Waals surface area contributed by atoms with E-state index < -0.39 is 0 Å². The van der Waals surface area contributed by atoms with Gasteiger partial charge in [-0.3, -0.25) is 9.69 Å². The summed E-state index contributed by atoms with van der Waals surface area (Å²) in [6.07, 6.45) is 1.17. The molecule has 1 amide bonds. The fraction of sp³-hybridized carbons (Fsp3) is 0.360. The summed E-state index contributed by atoms with van der Waals surface area (Å²) >= 11 is 1.59. The van der Waals surface area contributed by atoms with Gasteiger partial charge in [0.15, 0.2) is 0 Å². The minimum Gasteiger partial charge on any atom is -0.379 e. The average molecular weight is 436 g/mol. The number of carbonyl (C=O) groups is 1. The Kier molecular flexibility index (Phi) is 7.12. The van der Waals surface area contributed by atoms with Gasteiger partial charge < -0.3 is 10.1 Å². The number of hydrogen-bond donors (Lipinski definition) is 1. The number of para-hydroxylation sites is 1. The first kappa shape index (κ1) is 21.7. The molecule has 0 radical (unpaired) electrons. The van der Waals surface area contributed by atoms with Crippen LogP contribution in [-0.4, -0.2) is 42.1 Å². The van der Waals surface area contributed by atoms with Gasteiger partial charge in [-0.05, 0) is 36.1 Å². The van der Waals surface area contributed by atoms with Crippen LogP contribution in [-0.2, 0) is 28.9 Å². The van der Waals surface area contributed by atoms with Gasteiger partial charge in [-0.25, -0.2) is 4.98 Å². The molecule has 2 heterocycles. The number of hydrogen-bond acceptors (Lipinski definition) is 5. The number of nitrogens with zero attached hydrogens (tertiary/aromatic N) is 2. The molecule has 4 rings (SSSR count). The fourth-order valence-corrected chi connectivity index (χ4v) is 4.71. The second-order valence-electron chi connectivity index (χ2n) is 7.92. The highest BCUT2D eigenvalue weighted by Gasteiger charge is 2.14. The molecular formula is C25H29N3O2S. The lowest BCUT2D eigenvalue weighted by atomic mass is 10.1. The maximum absolute atomic E-state index is 12.7. The Morgan fingerprint density at radius 1 is 1.19 bits per heavy atom. The van der Waals surface area contributed by atoms with Gasteiger partial charge in [-0.2, -0.15) is 0 Å². The largest absolute Gasteiger partial charge is 0.379 e. The lowest BCUT2D eigenvalue weighted by Crippen LogP contribution is -2.35. The van der Waals surface area contributed by atoms with Gasteiger partial charge in [0.05, 0.1) is 25.3 Å². The molecule has 0 aliphatic carbocycles. The van der Waals surface area contributed by atoms with E-state index in [2.05, 4.69) is 47.5 Å². The molecule has 1 saturated heterocycles. The standard InChI is InChI=1S/C25H29N3O2S/c1-3-20-8-4-6-18(2)24(20)27-23(29)15-22-17-31-25(26-22)21-9-5-7-19(14-21)16-28-10-12-30-13-11-28/h4-9,14,17H,3,10-13,15-16H2,1-2H3,(H,27,29). The highest BCUT2D eigenvalue weighted by Crippen LogP contribution is 2.26. The van der Waals surface area contributed by atoms with Gasteiger partial charge in [-0.15, -0.1) is 11.3 Å². The smallest absolute Gasteiger partial charge is 0.230 e. The molecule has 1 aliphatic heterocycles. The van der Waals surface area contributed by atoms with Crippen molar-refractivity contribution >= 4 is 22.9 Å². The van der Waals surface area contributed by atoms with E-state index in [1.165, 1.54) is 5.56 Å². The van der Waals surface area contributed by atoms with Crippen molar-refractivity contribution in [3.8, 4) is 10.6 Å². The zero-order valence-corrected chi connectivity index (χ0v) is 19.0. The quantitative estimate of drug-likeness (QED) is 0.585. The third kappa shape index (κ3) is 5.58. The van der Waals surface area contributed by atoms with Crippen LogP contribution in [0.25, 0.3) is 10.6 Å². The van der Waals surface area contributed by atoms with Gasteiger partial charge >= 0.3 is 0 Å². The molecule has 1 aliphatic rings. The predicted molar refractivity (Wildman–Crippen MR) is 127 cm³/mol. The van der Waals surface area contributed by atoms with Gasteiger partial charge in [0, 0.05) is 36.3 Å². The first-order chi connectivity index (χ1) is 15.1. The second-order valence-corrected chi connectivity index (χ2v) is 8.78. The molecule has 6 heteroatoms. The van der Waals surface area contributed by atoms with Crippen molar-refractivity contribution in [2.45, 2.75) is 33.2 Å². The van der Waals surface area contributed by atoms with Gasteiger partial charge in [-0.1, -0.05) is 43.3 Å². The number of amides is 1. The predicted octanol–water partition coefficient (Wildman–Crippen LogP) is 4.69. The van der Waals surface area contributed by atoms with E-state index in [0.29, 0.717) is 0 Å². The Morgan fingerprint density at radius 2 is 2.00 bits per heavy atom. The van der Waals surface area contributed by atoms with Crippen LogP contribution < -0.4 is 5.32 Å². The Morgan fingerprint density at radius 3 is 2.81 bits per heavy atom. The minimum absolute atomic E-state index is 0.0260. The van der Waals surface area contributed by atoms with Crippen LogP contribution in [0.4, 0.5) is 5.69 Å². The number of nitrogens with one attached hydrogen (secondary N) is 1. The number of aromatic nitrogens is 1. The van der Waals surface area contributed by atoms with Crippen molar-refractivity contribution in [3.05, 3.63) is 70.2 Å². The first-order valence-electron chi connectivity index (χ1n) is 10.8. The third-order valence-corrected chi connectivity index (χ3v) is 6.52. The van der Waals surface area contributed by atoms with Crippen molar-refractivity contribution in [3.63, 3.8) is 0 Å². The maximum atomic E-state index is 12.7. The second kappa shape index (κ2) is 10.2. The van der Waals surface area contributed by atoms with Crippen molar-refractivity contribution in [2.75, 3.05) is 31.6 Å². The maximum Gasteiger partial charge on any atom is 0.230 e. The molecule has 0 bridgehead atoms. The van der Waals surface area contributed by atoms with Crippen molar-refractivity contribution in [2.24, 2.45) is 0 Å². The fourth-order valence-electron chi connectivity index (χ4n) is 3.89.